The average molecular weight is 1560 g/mol. The fourth-order valence-corrected chi connectivity index (χ4v) is 15.7. The minimum atomic E-state index is -1.30. The Morgan fingerprint density at radius 1 is 0.472 bits per heavy atom. The maximum atomic E-state index is 13.5. The molecule has 0 spiro atoms. The number of carbonyl (C=O) groups is 2. The summed E-state index contributed by atoms with van der Waals surface area (Å²) in [6.45, 7) is 34.1. The smallest absolute Gasteiger partial charge is 0.870 e. The Bertz CT molecular complexity index is 3970. The molecule has 26 nitrogen and oxygen atoms in total. The molecule has 588 valence electrons. The molecule has 108 heavy (non-hydrogen) atoms. The molecule has 8 aromatic rings. The van der Waals surface area contributed by atoms with Crippen LogP contribution in [0.1, 0.15) is 74.6 Å². The average Bonchev–Trinajstić information content (AvgIpc) is 1.55. The number of nitrogens with zero attached hydrogens (tertiary/aromatic N) is 12. The van der Waals surface area contributed by atoms with Gasteiger partial charge in [-0.25, -0.2) is 28.9 Å². The maximum Gasteiger partial charge on any atom is 1.00 e. The van der Waals surface area contributed by atoms with Crippen LogP contribution >= 0.6 is 0 Å². The van der Waals surface area contributed by atoms with Gasteiger partial charge in [0, 0.05) is 150 Å². The van der Waals surface area contributed by atoms with Crippen molar-refractivity contribution in [1.29, 1.82) is 0 Å². The van der Waals surface area contributed by atoms with Crippen molar-refractivity contribution < 1.29 is 86.4 Å². The monoisotopic (exact) mass is 1550 g/mol. The van der Waals surface area contributed by atoms with Gasteiger partial charge in [0.05, 0.1) is 69.2 Å². The second-order valence-electron chi connectivity index (χ2n) is 32.8. The van der Waals surface area contributed by atoms with Crippen molar-refractivity contribution >= 4 is 67.2 Å². The van der Waals surface area contributed by atoms with Crippen molar-refractivity contribution in [1.82, 2.24) is 48.8 Å². The van der Waals surface area contributed by atoms with Gasteiger partial charge in [-0.1, -0.05) is 115 Å². The fourth-order valence-electron chi connectivity index (χ4n) is 12.7. The van der Waals surface area contributed by atoms with Gasteiger partial charge >= 0.3 is 30.8 Å². The Hall–Kier alpha value is -6.30. The van der Waals surface area contributed by atoms with Crippen LogP contribution in [0.3, 0.4) is 0 Å². The number of hydrogen-bond donors (Lipinski definition) is 1. The molecule has 2 saturated carbocycles. The number of fused-ring (bicyclic) bond motifs is 2. The summed E-state index contributed by atoms with van der Waals surface area (Å²) in [5.41, 5.74) is 6.43. The molecule has 0 aliphatic heterocycles. The van der Waals surface area contributed by atoms with Gasteiger partial charge in [0.2, 0.25) is 0 Å². The van der Waals surface area contributed by atoms with E-state index < -0.39 is 49.5 Å². The number of rotatable bonds is 41. The molecule has 0 radical (unpaired) electrons. The molecule has 2 aromatic carbocycles. The Morgan fingerprint density at radius 3 is 1.16 bits per heavy atom. The van der Waals surface area contributed by atoms with E-state index in [1.807, 2.05) is 116 Å². The molecule has 2 N–H and O–H groups in total. The predicted octanol–water partition coefficient (Wildman–Crippen LogP) is 11.2. The third-order valence-corrected chi connectivity index (χ3v) is 26.2. The number of carboxylic acid groups (broad SMARTS) is 1. The molecule has 6 aromatic heterocycles. The van der Waals surface area contributed by atoms with E-state index >= 15 is 0 Å². The summed E-state index contributed by atoms with van der Waals surface area (Å²) in [4.78, 5) is 40.7. The molecule has 2 fully saturated rings. The van der Waals surface area contributed by atoms with Gasteiger partial charge in [0.25, 0.3) is 0 Å². The molecular weight excluding hydrogens is 1440 g/mol. The number of carboxylic acids is 1. The summed E-state index contributed by atoms with van der Waals surface area (Å²) < 4.78 is 66.2. The van der Waals surface area contributed by atoms with E-state index in [2.05, 4.69) is 111 Å². The molecule has 10 rings (SSSR count). The first-order valence-electron chi connectivity index (χ1n) is 37.6. The van der Waals surface area contributed by atoms with Crippen molar-refractivity contribution in [2.24, 2.45) is 0 Å². The standard InChI is InChI=1S/C40H62N6O7Si2.C37H56N6O6Si2.Li.H2O/c1-48-18-20-52-39(47)40(53-21-19-49-2)16-14-32(15-17-40)36-26-37(44(30-50-22-24-54(3,4)5)31-51-23-25-55(6,7)8)46-38(43-36)35(28-42-46)33-27-41-45(29-33)34-12-10-9-11-13-34;1-46-17-18-49-37(36(44)45)15-13-29(14-16-37)33-23-34(41(27-47-19-21-50(2,3)4)28-48-20-22-51(5,6)7)43-35(40-33)32(25-39-43)30-24-38-42(26-30)31-11-9-8-10-12-31;;/h9-13,26-29,32H,14-25,30-31H2,1-8H3;8-12,23-26,29H,13-22,27-28H2,1-7H3,(H,44,45);;1H2/q;;+1;/p-1. The summed E-state index contributed by atoms with van der Waals surface area (Å²) in [5.74, 6) is 0.482. The molecule has 0 unspecified atom stereocenters. The quantitative estimate of drug-likeness (QED) is 0.0161. The second kappa shape index (κ2) is 41.3. The van der Waals surface area contributed by atoms with E-state index in [0.717, 1.165) is 86.5 Å². The van der Waals surface area contributed by atoms with Crippen LogP contribution in [0.5, 0.6) is 0 Å². The van der Waals surface area contributed by atoms with Gasteiger partial charge in [-0.05, 0) is 99.8 Å². The van der Waals surface area contributed by atoms with E-state index in [4.69, 9.17) is 67.5 Å². The predicted molar refractivity (Wildman–Crippen MR) is 428 cm³/mol. The number of anilines is 2. The molecular formula is C77H119LiN12O14Si4. The molecule has 6 heterocycles. The molecule has 31 heteroatoms. The molecule has 0 bridgehead atoms. The minimum Gasteiger partial charge on any atom is -0.870 e. The molecule has 0 amide bonds. The Balaban J connectivity index is 0.000000296. The van der Waals surface area contributed by atoms with Crippen molar-refractivity contribution in [2.45, 2.75) is 177 Å². The van der Waals surface area contributed by atoms with Gasteiger partial charge in [0.15, 0.2) is 22.5 Å². The van der Waals surface area contributed by atoms with Crippen molar-refractivity contribution in [3.63, 3.8) is 0 Å². The fraction of sp³-hybridized carbons (Fsp3) is 0.584. The topological polar surface area (TPSA) is 279 Å². The van der Waals surface area contributed by atoms with Crippen molar-refractivity contribution in [3.8, 4) is 33.6 Å². The largest absolute Gasteiger partial charge is 1.00 e. The minimum absolute atomic E-state index is 0. The summed E-state index contributed by atoms with van der Waals surface area (Å²) in [5, 5.41) is 29.3. The summed E-state index contributed by atoms with van der Waals surface area (Å²) >= 11 is 0. The zero-order valence-electron chi connectivity index (χ0n) is 67.1. The van der Waals surface area contributed by atoms with Gasteiger partial charge in [0.1, 0.15) is 45.2 Å². The number of aromatic nitrogens is 10. The van der Waals surface area contributed by atoms with Gasteiger partial charge < -0.3 is 67.8 Å². The third kappa shape index (κ3) is 25.6. The zero-order chi connectivity index (χ0) is 76.1. The van der Waals surface area contributed by atoms with Crippen LogP contribution in [0.25, 0.3) is 44.9 Å². The number of aliphatic carboxylic acids is 1. The number of hydrogen-bond acceptors (Lipinski definition) is 21. The van der Waals surface area contributed by atoms with E-state index in [1.54, 1.807) is 21.3 Å². The SMILES string of the molecule is COCCOC(=O)C1(OCCOC)CCC(c2cc(N(COCC[Si](C)(C)C)COCC[Si](C)(C)C)n3ncc(-c4cnn(-c5ccccc5)c4)c3n2)CC1.COCCOC1(C(=O)O)CCC(c2cc(N(COCC[Si](C)(C)C)COCC[Si](C)(C)C)n3ncc(-c4cnn(-c5ccccc5)c4)c3n2)CC1.[Li+].[OH-]. The van der Waals surface area contributed by atoms with E-state index in [-0.39, 0.29) is 55.4 Å². The Kier molecular flexibility index (Phi) is 34.0. The summed E-state index contributed by atoms with van der Waals surface area (Å²) in [6, 6.07) is 28.5. The second-order valence-corrected chi connectivity index (χ2v) is 55.3. The van der Waals surface area contributed by atoms with E-state index in [1.165, 1.54) is 0 Å². The van der Waals surface area contributed by atoms with Crippen LogP contribution in [0.2, 0.25) is 103 Å². The van der Waals surface area contributed by atoms with Crippen LogP contribution in [0, 0.1) is 0 Å². The number of para-hydroxylation sites is 2. The van der Waals surface area contributed by atoms with Crippen LogP contribution < -0.4 is 28.7 Å². The van der Waals surface area contributed by atoms with Crippen molar-refractivity contribution in [2.75, 3.05) is 124 Å². The first-order chi connectivity index (χ1) is 50.6. The first-order valence-corrected chi connectivity index (χ1v) is 52.4. The molecule has 2 aliphatic carbocycles. The summed E-state index contributed by atoms with van der Waals surface area (Å²) in [7, 11) is -0.371. The normalized spacial score (nSPS) is 17.8. The number of methoxy groups -OCH3 is 3. The zero-order valence-corrected chi connectivity index (χ0v) is 71.1. The number of benzene rings is 2. The Labute approximate surface area is 654 Å². The van der Waals surface area contributed by atoms with Crippen molar-refractivity contribution in [3.05, 3.63) is 121 Å². The van der Waals surface area contributed by atoms with Crippen LogP contribution in [0.15, 0.2) is 110 Å². The van der Waals surface area contributed by atoms with E-state index in [9.17, 15) is 14.7 Å². The van der Waals surface area contributed by atoms with Crippen LogP contribution in [-0.4, -0.2) is 229 Å². The molecule has 0 saturated heterocycles. The number of ether oxygens (including phenoxy) is 10. The van der Waals surface area contributed by atoms with E-state index in [0.29, 0.717) is 137 Å². The van der Waals surface area contributed by atoms with Gasteiger partial charge in [-0.3, -0.25) is 0 Å². The number of carbonyl (C=O) groups excluding carboxylic acids is 1. The van der Waals surface area contributed by atoms with Crippen LogP contribution in [0.4, 0.5) is 11.6 Å². The van der Waals surface area contributed by atoms with Crippen LogP contribution in [-0.2, 0) is 57.0 Å². The Morgan fingerprint density at radius 2 is 0.815 bits per heavy atom. The maximum absolute atomic E-state index is 13.5. The summed E-state index contributed by atoms with van der Waals surface area (Å²) in [6.07, 6.45) is 15.8. The first kappa shape index (κ1) is 88.9. The molecule has 0 atom stereocenters. The third-order valence-electron chi connectivity index (χ3n) is 19.4. The molecule has 2 aliphatic rings. The number of esters is 1. The van der Waals surface area contributed by atoms with Gasteiger partial charge in [-0.2, -0.15) is 29.4 Å². The van der Waals surface area contributed by atoms with Gasteiger partial charge in [-0.15, -0.1) is 0 Å².